The number of nitrogens with zero attached hydrogens (tertiary/aromatic N) is 1. The van der Waals surface area contributed by atoms with E-state index >= 15 is 0 Å². The van der Waals surface area contributed by atoms with E-state index in [0.717, 1.165) is 45.4 Å². The SMILES string of the molecule is CCOC(=O)C1CCCN1CCCCOC. The lowest BCUT2D eigenvalue weighted by Gasteiger charge is -2.22. The van der Waals surface area contributed by atoms with Crippen LogP contribution in [0.3, 0.4) is 0 Å². The van der Waals surface area contributed by atoms with Gasteiger partial charge in [0.25, 0.3) is 0 Å². The molecule has 0 saturated carbocycles. The summed E-state index contributed by atoms with van der Waals surface area (Å²) < 4.78 is 10.1. The molecule has 1 heterocycles. The van der Waals surface area contributed by atoms with Gasteiger partial charge in [-0.2, -0.15) is 0 Å². The molecular weight excluding hydrogens is 206 g/mol. The maximum Gasteiger partial charge on any atom is 0.323 e. The largest absolute Gasteiger partial charge is 0.465 e. The van der Waals surface area contributed by atoms with Gasteiger partial charge in [0.1, 0.15) is 6.04 Å². The molecule has 1 aliphatic heterocycles. The van der Waals surface area contributed by atoms with E-state index in [4.69, 9.17) is 9.47 Å². The third kappa shape index (κ3) is 4.10. The summed E-state index contributed by atoms with van der Waals surface area (Å²) in [6, 6.07) is 0.00231. The molecule has 1 rings (SSSR count). The van der Waals surface area contributed by atoms with Crippen LogP contribution < -0.4 is 0 Å². The first-order valence-electron chi connectivity index (χ1n) is 6.19. The number of ether oxygens (including phenoxy) is 2. The summed E-state index contributed by atoms with van der Waals surface area (Å²) in [5.74, 6) is -0.0493. The molecule has 4 heteroatoms. The Morgan fingerprint density at radius 2 is 2.25 bits per heavy atom. The fourth-order valence-corrected chi connectivity index (χ4v) is 2.16. The minimum atomic E-state index is -0.0493. The molecular formula is C12H23NO3. The number of methoxy groups -OCH3 is 1. The van der Waals surface area contributed by atoms with Crippen molar-refractivity contribution in [3.05, 3.63) is 0 Å². The minimum Gasteiger partial charge on any atom is -0.465 e. The second kappa shape index (κ2) is 7.63. The molecule has 0 radical (unpaired) electrons. The van der Waals surface area contributed by atoms with Gasteiger partial charge in [0, 0.05) is 13.7 Å². The van der Waals surface area contributed by atoms with Crippen molar-refractivity contribution < 1.29 is 14.3 Å². The number of hydrogen-bond donors (Lipinski definition) is 0. The molecule has 4 nitrogen and oxygen atoms in total. The Morgan fingerprint density at radius 1 is 1.44 bits per heavy atom. The van der Waals surface area contributed by atoms with E-state index in [9.17, 15) is 4.79 Å². The Bertz CT molecular complexity index is 208. The van der Waals surface area contributed by atoms with Crippen molar-refractivity contribution in [3.8, 4) is 0 Å². The summed E-state index contributed by atoms with van der Waals surface area (Å²) in [6.45, 7) is 5.14. The van der Waals surface area contributed by atoms with Crippen molar-refractivity contribution in [2.45, 2.75) is 38.6 Å². The third-order valence-electron chi connectivity index (χ3n) is 2.97. The first-order chi connectivity index (χ1) is 7.79. The Kier molecular flexibility index (Phi) is 6.42. The topological polar surface area (TPSA) is 38.8 Å². The predicted molar refractivity (Wildman–Crippen MR) is 62.3 cm³/mol. The molecule has 0 bridgehead atoms. The highest BCUT2D eigenvalue weighted by Crippen LogP contribution is 2.18. The van der Waals surface area contributed by atoms with Gasteiger partial charge in [0.15, 0.2) is 0 Å². The summed E-state index contributed by atoms with van der Waals surface area (Å²) in [6.07, 6.45) is 4.20. The van der Waals surface area contributed by atoms with Crippen LogP contribution in [0.5, 0.6) is 0 Å². The lowest BCUT2D eigenvalue weighted by molar-refractivity contribution is -0.148. The first kappa shape index (κ1) is 13.5. The molecule has 0 aliphatic carbocycles. The average molecular weight is 229 g/mol. The van der Waals surface area contributed by atoms with Gasteiger partial charge in [-0.1, -0.05) is 0 Å². The van der Waals surface area contributed by atoms with Crippen LogP contribution in [0, 0.1) is 0 Å². The Hall–Kier alpha value is -0.610. The van der Waals surface area contributed by atoms with E-state index in [1.165, 1.54) is 0 Å². The summed E-state index contributed by atoms with van der Waals surface area (Å²) in [7, 11) is 1.72. The summed E-state index contributed by atoms with van der Waals surface area (Å²) in [5.41, 5.74) is 0. The average Bonchev–Trinajstić information content (AvgIpc) is 2.73. The van der Waals surface area contributed by atoms with Crippen molar-refractivity contribution in [3.63, 3.8) is 0 Å². The van der Waals surface area contributed by atoms with Gasteiger partial charge >= 0.3 is 5.97 Å². The summed E-state index contributed by atoms with van der Waals surface area (Å²) in [4.78, 5) is 13.9. The summed E-state index contributed by atoms with van der Waals surface area (Å²) in [5, 5.41) is 0. The van der Waals surface area contributed by atoms with Gasteiger partial charge < -0.3 is 9.47 Å². The van der Waals surface area contributed by atoms with Gasteiger partial charge in [0.2, 0.25) is 0 Å². The van der Waals surface area contributed by atoms with Crippen LogP contribution >= 0.6 is 0 Å². The molecule has 0 N–H and O–H groups in total. The van der Waals surface area contributed by atoms with Crippen molar-refractivity contribution in [1.29, 1.82) is 0 Å². The molecule has 1 aliphatic rings. The Morgan fingerprint density at radius 3 is 2.94 bits per heavy atom. The van der Waals surface area contributed by atoms with Crippen LogP contribution in [0.2, 0.25) is 0 Å². The Balaban J connectivity index is 2.26. The van der Waals surface area contributed by atoms with Crippen LogP contribution in [-0.2, 0) is 14.3 Å². The molecule has 94 valence electrons. The molecule has 1 atom stereocenters. The number of rotatable bonds is 7. The second-order valence-electron chi connectivity index (χ2n) is 4.15. The van der Waals surface area contributed by atoms with Crippen LogP contribution in [-0.4, -0.2) is 50.3 Å². The molecule has 0 aromatic carbocycles. The van der Waals surface area contributed by atoms with E-state index < -0.39 is 0 Å². The quantitative estimate of drug-likeness (QED) is 0.489. The number of unbranched alkanes of at least 4 members (excludes halogenated alkanes) is 1. The van der Waals surface area contributed by atoms with Crippen molar-refractivity contribution in [1.82, 2.24) is 4.90 Å². The van der Waals surface area contributed by atoms with E-state index in [1.54, 1.807) is 7.11 Å². The van der Waals surface area contributed by atoms with Crippen LogP contribution in [0.4, 0.5) is 0 Å². The highest BCUT2D eigenvalue weighted by molar-refractivity contribution is 5.76. The zero-order valence-electron chi connectivity index (χ0n) is 10.4. The molecule has 0 amide bonds. The minimum absolute atomic E-state index is 0.00231. The molecule has 0 aromatic rings. The molecule has 1 fully saturated rings. The number of esters is 1. The van der Waals surface area contributed by atoms with Crippen molar-refractivity contribution in [2.24, 2.45) is 0 Å². The molecule has 1 saturated heterocycles. The zero-order valence-corrected chi connectivity index (χ0v) is 10.4. The summed E-state index contributed by atoms with van der Waals surface area (Å²) >= 11 is 0. The van der Waals surface area contributed by atoms with E-state index in [-0.39, 0.29) is 12.0 Å². The number of likely N-dealkylation sites (tertiary alicyclic amines) is 1. The second-order valence-corrected chi connectivity index (χ2v) is 4.15. The predicted octanol–water partition coefficient (Wildman–Crippen LogP) is 1.44. The fraction of sp³-hybridized carbons (Fsp3) is 0.917. The Labute approximate surface area is 97.9 Å². The van der Waals surface area contributed by atoms with E-state index in [1.807, 2.05) is 6.92 Å². The number of hydrogen-bond acceptors (Lipinski definition) is 4. The van der Waals surface area contributed by atoms with Gasteiger partial charge in [-0.25, -0.2) is 0 Å². The molecule has 16 heavy (non-hydrogen) atoms. The maximum atomic E-state index is 11.7. The van der Waals surface area contributed by atoms with Crippen molar-refractivity contribution >= 4 is 5.97 Å². The van der Waals surface area contributed by atoms with Crippen molar-refractivity contribution in [2.75, 3.05) is 33.4 Å². The third-order valence-corrected chi connectivity index (χ3v) is 2.97. The van der Waals surface area contributed by atoms with Crippen LogP contribution in [0.1, 0.15) is 32.6 Å². The lowest BCUT2D eigenvalue weighted by Crippen LogP contribution is -2.37. The van der Waals surface area contributed by atoms with Crippen LogP contribution in [0.25, 0.3) is 0 Å². The van der Waals surface area contributed by atoms with Gasteiger partial charge in [-0.3, -0.25) is 9.69 Å². The van der Waals surface area contributed by atoms with E-state index in [2.05, 4.69) is 4.90 Å². The fourth-order valence-electron chi connectivity index (χ4n) is 2.16. The van der Waals surface area contributed by atoms with E-state index in [0.29, 0.717) is 6.61 Å². The molecule has 0 spiro atoms. The highest BCUT2D eigenvalue weighted by Gasteiger charge is 2.30. The highest BCUT2D eigenvalue weighted by atomic mass is 16.5. The standard InChI is InChI=1S/C12H23NO3/c1-3-16-12(14)11-7-6-9-13(11)8-4-5-10-15-2/h11H,3-10H2,1-2H3. The molecule has 1 unspecified atom stereocenters. The monoisotopic (exact) mass is 229 g/mol. The first-order valence-corrected chi connectivity index (χ1v) is 6.19. The van der Waals surface area contributed by atoms with Crippen LogP contribution in [0.15, 0.2) is 0 Å². The smallest absolute Gasteiger partial charge is 0.323 e. The maximum absolute atomic E-state index is 11.7. The van der Waals surface area contributed by atoms with Gasteiger partial charge in [-0.05, 0) is 45.7 Å². The zero-order chi connectivity index (χ0) is 11.8. The number of carbonyl (C=O) groups is 1. The van der Waals surface area contributed by atoms with Gasteiger partial charge in [-0.15, -0.1) is 0 Å². The molecule has 0 aromatic heterocycles. The van der Waals surface area contributed by atoms with Gasteiger partial charge in [0.05, 0.1) is 6.61 Å². The number of carbonyl (C=O) groups excluding carboxylic acids is 1. The lowest BCUT2D eigenvalue weighted by atomic mass is 10.2. The normalized spacial score (nSPS) is 21.2.